The van der Waals surface area contributed by atoms with E-state index in [9.17, 15) is 4.39 Å². The highest BCUT2D eigenvalue weighted by molar-refractivity contribution is 9.10. The summed E-state index contributed by atoms with van der Waals surface area (Å²) in [5.74, 6) is -0.213. The molecule has 21 heavy (non-hydrogen) atoms. The molecule has 0 saturated heterocycles. The zero-order chi connectivity index (χ0) is 15.2. The molecule has 0 bridgehead atoms. The molecule has 1 N–H and O–H groups in total. The molecule has 0 heterocycles. The van der Waals surface area contributed by atoms with Crippen LogP contribution in [0.25, 0.3) is 0 Å². The Morgan fingerprint density at radius 1 is 1.10 bits per heavy atom. The lowest BCUT2D eigenvalue weighted by molar-refractivity contribution is 0.455. The molecule has 0 amide bonds. The minimum Gasteiger partial charge on any atom is -0.308 e. The van der Waals surface area contributed by atoms with Crippen molar-refractivity contribution < 1.29 is 4.39 Å². The Kier molecular flexibility index (Phi) is 5.95. The Hall–Kier alpha value is -1.19. The summed E-state index contributed by atoms with van der Waals surface area (Å²) in [5, 5.41) is 3.57. The molecule has 2 aromatic rings. The second-order valence-corrected chi connectivity index (χ2v) is 6.33. The first-order valence-corrected chi connectivity index (χ1v) is 8.10. The predicted molar refractivity (Wildman–Crippen MR) is 89.9 cm³/mol. The van der Waals surface area contributed by atoms with Gasteiger partial charge in [-0.15, -0.1) is 0 Å². The monoisotopic (exact) mass is 349 g/mol. The molecule has 2 aromatic carbocycles. The highest BCUT2D eigenvalue weighted by Crippen LogP contribution is 2.24. The maximum atomic E-state index is 13.1. The van der Waals surface area contributed by atoms with Gasteiger partial charge in [-0.3, -0.25) is 0 Å². The van der Waals surface area contributed by atoms with Gasteiger partial charge in [0, 0.05) is 16.6 Å². The van der Waals surface area contributed by atoms with E-state index < -0.39 is 0 Å². The zero-order valence-electron chi connectivity index (χ0n) is 12.4. The van der Waals surface area contributed by atoms with Crippen LogP contribution >= 0.6 is 15.9 Å². The van der Waals surface area contributed by atoms with E-state index in [1.54, 1.807) is 0 Å². The average Bonchev–Trinajstić information content (AvgIpc) is 2.46. The number of rotatable bonds is 6. The quantitative estimate of drug-likeness (QED) is 0.749. The third-order valence-electron chi connectivity index (χ3n) is 3.67. The molecule has 0 spiro atoms. The Morgan fingerprint density at radius 2 is 1.81 bits per heavy atom. The minimum atomic E-state index is -0.213. The number of benzene rings is 2. The molecular weight excluding hydrogens is 329 g/mol. The van der Waals surface area contributed by atoms with Gasteiger partial charge < -0.3 is 5.32 Å². The largest absolute Gasteiger partial charge is 0.308 e. The van der Waals surface area contributed by atoms with Crippen molar-refractivity contribution in [2.45, 2.75) is 38.8 Å². The van der Waals surface area contributed by atoms with E-state index in [0.29, 0.717) is 6.04 Å². The standard InChI is InChI=1S/C18H21BrFN/c1-13(8-9-15-6-4-3-5-7-15)21-14(2)17-11-10-16(20)12-18(17)19/h3-7,10-14,21H,8-9H2,1-2H3. The second kappa shape index (κ2) is 7.71. The summed E-state index contributed by atoms with van der Waals surface area (Å²) >= 11 is 3.43. The van der Waals surface area contributed by atoms with Crippen LogP contribution in [0.15, 0.2) is 53.0 Å². The SMILES string of the molecule is CC(CCc1ccccc1)NC(C)c1ccc(F)cc1Br. The number of halogens is 2. The van der Waals surface area contributed by atoms with Crippen molar-refractivity contribution in [3.8, 4) is 0 Å². The van der Waals surface area contributed by atoms with Crippen molar-refractivity contribution in [2.75, 3.05) is 0 Å². The Morgan fingerprint density at radius 3 is 2.48 bits per heavy atom. The van der Waals surface area contributed by atoms with Crippen molar-refractivity contribution in [3.05, 3.63) is 69.9 Å². The van der Waals surface area contributed by atoms with Crippen LogP contribution in [0, 0.1) is 5.82 Å². The molecule has 0 radical (unpaired) electrons. The Labute approximate surface area is 134 Å². The fourth-order valence-electron chi connectivity index (χ4n) is 2.48. The van der Waals surface area contributed by atoms with E-state index in [0.717, 1.165) is 22.9 Å². The van der Waals surface area contributed by atoms with E-state index in [2.05, 4.69) is 59.4 Å². The fourth-order valence-corrected chi connectivity index (χ4v) is 3.17. The molecule has 3 heteroatoms. The van der Waals surface area contributed by atoms with Gasteiger partial charge in [0.1, 0.15) is 5.82 Å². The van der Waals surface area contributed by atoms with Gasteiger partial charge >= 0.3 is 0 Å². The van der Waals surface area contributed by atoms with Crippen LogP contribution in [-0.4, -0.2) is 6.04 Å². The van der Waals surface area contributed by atoms with Crippen LogP contribution in [0.2, 0.25) is 0 Å². The van der Waals surface area contributed by atoms with Crippen LogP contribution < -0.4 is 5.32 Å². The molecular formula is C18H21BrFN. The lowest BCUT2D eigenvalue weighted by Gasteiger charge is -2.21. The van der Waals surface area contributed by atoms with Gasteiger partial charge in [-0.25, -0.2) is 4.39 Å². The van der Waals surface area contributed by atoms with Crippen LogP contribution in [0.1, 0.15) is 37.4 Å². The lowest BCUT2D eigenvalue weighted by Crippen LogP contribution is -2.29. The predicted octanol–water partition coefficient (Wildman–Crippen LogP) is 5.26. The minimum absolute atomic E-state index is 0.186. The van der Waals surface area contributed by atoms with Crippen molar-refractivity contribution in [2.24, 2.45) is 0 Å². The Balaban J connectivity index is 1.88. The third-order valence-corrected chi connectivity index (χ3v) is 4.36. The van der Waals surface area contributed by atoms with Crippen molar-refractivity contribution >= 4 is 15.9 Å². The first-order chi connectivity index (χ1) is 10.1. The molecule has 0 aliphatic carbocycles. The van der Waals surface area contributed by atoms with Gasteiger partial charge in [-0.1, -0.05) is 52.3 Å². The molecule has 2 atom stereocenters. The maximum absolute atomic E-state index is 13.1. The fraction of sp³-hybridized carbons (Fsp3) is 0.333. The molecule has 0 fully saturated rings. The van der Waals surface area contributed by atoms with E-state index in [1.165, 1.54) is 17.7 Å². The normalized spacial score (nSPS) is 13.9. The molecule has 0 saturated carbocycles. The van der Waals surface area contributed by atoms with E-state index in [4.69, 9.17) is 0 Å². The number of nitrogens with one attached hydrogen (secondary N) is 1. The van der Waals surface area contributed by atoms with Gasteiger partial charge in [-0.2, -0.15) is 0 Å². The first-order valence-electron chi connectivity index (χ1n) is 7.31. The van der Waals surface area contributed by atoms with Gasteiger partial charge in [0.15, 0.2) is 0 Å². The van der Waals surface area contributed by atoms with Crippen LogP contribution in [0.4, 0.5) is 4.39 Å². The van der Waals surface area contributed by atoms with Crippen molar-refractivity contribution in [1.29, 1.82) is 0 Å². The average molecular weight is 350 g/mol. The third kappa shape index (κ3) is 4.94. The zero-order valence-corrected chi connectivity index (χ0v) is 14.0. The molecule has 112 valence electrons. The highest BCUT2D eigenvalue weighted by atomic mass is 79.9. The first kappa shape index (κ1) is 16.2. The summed E-state index contributed by atoms with van der Waals surface area (Å²) in [7, 11) is 0. The lowest BCUT2D eigenvalue weighted by atomic mass is 10.0. The van der Waals surface area contributed by atoms with Gasteiger partial charge in [0.05, 0.1) is 0 Å². The van der Waals surface area contributed by atoms with E-state index >= 15 is 0 Å². The smallest absolute Gasteiger partial charge is 0.124 e. The van der Waals surface area contributed by atoms with Crippen molar-refractivity contribution in [1.82, 2.24) is 5.32 Å². The summed E-state index contributed by atoms with van der Waals surface area (Å²) in [6, 6.07) is 16.0. The molecule has 0 aromatic heterocycles. The molecule has 0 aliphatic heterocycles. The van der Waals surface area contributed by atoms with Crippen LogP contribution in [0.5, 0.6) is 0 Å². The highest BCUT2D eigenvalue weighted by Gasteiger charge is 2.12. The van der Waals surface area contributed by atoms with Crippen LogP contribution in [-0.2, 0) is 6.42 Å². The van der Waals surface area contributed by atoms with E-state index in [1.807, 2.05) is 12.1 Å². The summed E-state index contributed by atoms with van der Waals surface area (Å²) in [6.07, 6.45) is 2.14. The van der Waals surface area contributed by atoms with Gasteiger partial charge in [-0.05, 0) is 49.9 Å². The summed E-state index contributed by atoms with van der Waals surface area (Å²) in [4.78, 5) is 0. The second-order valence-electron chi connectivity index (χ2n) is 5.48. The maximum Gasteiger partial charge on any atom is 0.124 e. The summed E-state index contributed by atoms with van der Waals surface area (Å²) in [6.45, 7) is 4.30. The number of hydrogen-bond acceptors (Lipinski definition) is 1. The summed E-state index contributed by atoms with van der Waals surface area (Å²) < 4.78 is 13.9. The molecule has 0 aliphatic rings. The molecule has 1 nitrogen and oxygen atoms in total. The summed E-state index contributed by atoms with van der Waals surface area (Å²) in [5.41, 5.74) is 2.45. The molecule has 2 unspecified atom stereocenters. The number of aryl methyl sites for hydroxylation is 1. The van der Waals surface area contributed by atoms with Crippen molar-refractivity contribution in [3.63, 3.8) is 0 Å². The Bertz CT molecular complexity index is 571. The number of hydrogen-bond donors (Lipinski definition) is 1. The topological polar surface area (TPSA) is 12.0 Å². The van der Waals surface area contributed by atoms with Gasteiger partial charge in [0.2, 0.25) is 0 Å². The van der Waals surface area contributed by atoms with E-state index in [-0.39, 0.29) is 11.9 Å². The van der Waals surface area contributed by atoms with Gasteiger partial charge in [0.25, 0.3) is 0 Å². The molecule has 2 rings (SSSR count). The van der Waals surface area contributed by atoms with Crippen LogP contribution in [0.3, 0.4) is 0 Å².